The molecular formula is C65H49N. The van der Waals surface area contributed by atoms with Crippen LogP contribution in [0.1, 0.15) is 72.2 Å². The third-order valence-corrected chi connectivity index (χ3v) is 15.5. The lowest BCUT2D eigenvalue weighted by molar-refractivity contribution is 0.660. The van der Waals surface area contributed by atoms with Crippen LogP contribution in [0.25, 0.3) is 55.3 Å². The smallest absolute Gasteiger partial charge is 0.0713 e. The van der Waals surface area contributed by atoms with Gasteiger partial charge in [0.15, 0.2) is 0 Å². The molecule has 0 N–H and O–H groups in total. The van der Waals surface area contributed by atoms with Gasteiger partial charge in [-0.2, -0.15) is 0 Å². The highest BCUT2D eigenvalue weighted by Gasteiger charge is 2.46. The molecule has 0 heterocycles. The van der Waals surface area contributed by atoms with Crippen LogP contribution >= 0.6 is 0 Å². The van der Waals surface area contributed by atoms with Gasteiger partial charge in [0.05, 0.1) is 16.8 Å². The van der Waals surface area contributed by atoms with Gasteiger partial charge in [0.1, 0.15) is 0 Å². The lowest BCUT2D eigenvalue weighted by Gasteiger charge is -2.34. The fraction of sp³-hybridized carbons (Fsp3) is 0.108. The standard InChI is InChI=1S/C65H49N/c1-63(2)53-29-16-14-27-51(53)60-56(63)32-19-33-58(60)66(59-41-44-20-11-12-25-48(44)62-61(59)52-28-15-17-30-54(52)64(62,3)4)47-37-34-42(35-38-47)43-36-39-50-49-26-13-18-31-55(49)65(57(50)40-43,45-21-7-5-8-22-45)46-23-9-6-10-24-46/h5-41H,1-4H3. The summed E-state index contributed by atoms with van der Waals surface area (Å²) >= 11 is 0. The zero-order chi connectivity index (χ0) is 44.4. The summed E-state index contributed by atoms with van der Waals surface area (Å²) in [6.45, 7) is 9.58. The first-order chi connectivity index (χ1) is 32.3. The molecule has 3 aliphatic carbocycles. The maximum absolute atomic E-state index is 2.58. The van der Waals surface area contributed by atoms with Crippen LogP contribution in [-0.2, 0) is 16.2 Å². The van der Waals surface area contributed by atoms with E-state index in [1.54, 1.807) is 0 Å². The van der Waals surface area contributed by atoms with Crippen LogP contribution in [0.15, 0.2) is 224 Å². The summed E-state index contributed by atoms with van der Waals surface area (Å²) in [5, 5.41) is 2.57. The van der Waals surface area contributed by atoms with Crippen molar-refractivity contribution in [2.24, 2.45) is 0 Å². The number of hydrogen-bond acceptors (Lipinski definition) is 1. The van der Waals surface area contributed by atoms with E-state index in [1.807, 2.05) is 0 Å². The Balaban J connectivity index is 1.04. The maximum Gasteiger partial charge on any atom is 0.0713 e. The summed E-state index contributed by atoms with van der Waals surface area (Å²) in [6, 6.07) is 84.3. The fourth-order valence-electron chi connectivity index (χ4n) is 12.6. The first-order valence-electron chi connectivity index (χ1n) is 23.4. The molecule has 0 bridgehead atoms. The predicted octanol–water partition coefficient (Wildman–Crippen LogP) is 17.0. The predicted molar refractivity (Wildman–Crippen MR) is 276 cm³/mol. The van der Waals surface area contributed by atoms with Crippen molar-refractivity contribution in [2.45, 2.75) is 43.9 Å². The molecule has 1 nitrogen and oxygen atoms in total. The monoisotopic (exact) mass is 843 g/mol. The molecule has 0 atom stereocenters. The third-order valence-electron chi connectivity index (χ3n) is 15.5. The molecule has 0 spiro atoms. The second-order valence-corrected chi connectivity index (χ2v) is 19.6. The van der Waals surface area contributed by atoms with E-state index in [-0.39, 0.29) is 10.8 Å². The van der Waals surface area contributed by atoms with E-state index in [1.165, 1.54) is 111 Å². The highest BCUT2D eigenvalue weighted by atomic mass is 15.1. The SMILES string of the molecule is CC1(C)c2ccccc2-c2c(N(c3ccc(-c4ccc5c(c4)C(c4ccccc4)(c4ccccc4)c4ccccc4-5)cc3)c3cc4ccccc4c4c3-c3ccccc3C4(C)C)cccc21. The third kappa shape index (κ3) is 5.23. The van der Waals surface area contributed by atoms with Crippen LogP contribution in [0, 0.1) is 0 Å². The Morgan fingerprint density at radius 1 is 0.333 bits per heavy atom. The van der Waals surface area contributed by atoms with Crippen molar-refractivity contribution in [1.82, 2.24) is 0 Å². The van der Waals surface area contributed by atoms with Gasteiger partial charge in [-0.3, -0.25) is 0 Å². The Hall–Kier alpha value is -7.74. The lowest BCUT2D eigenvalue weighted by Crippen LogP contribution is -2.28. The van der Waals surface area contributed by atoms with Gasteiger partial charge < -0.3 is 4.90 Å². The van der Waals surface area contributed by atoms with Crippen LogP contribution in [-0.4, -0.2) is 0 Å². The van der Waals surface area contributed by atoms with Crippen LogP contribution in [0.4, 0.5) is 17.1 Å². The van der Waals surface area contributed by atoms with Gasteiger partial charge >= 0.3 is 0 Å². The Morgan fingerprint density at radius 2 is 0.864 bits per heavy atom. The van der Waals surface area contributed by atoms with E-state index >= 15 is 0 Å². The van der Waals surface area contributed by atoms with E-state index in [4.69, 9.17) is 0 Å². The van der Waals surface area contributed by atoms with Crippen molar-refractivity contribution in [2.75, 3.05) is 4.90 Å². The molecule has 66 heavy (non-hydrogen) atoms. The minimum absolute atomic E-state index is 0.140. The molecule has 0 aliphatic heterocycles. The highest BCUT2D eigenvalue weighted by molar-refractivity contribution is 6.07. The van der Waals surface area contributed by atoms with Gasteiger partial charge in [0.25, 0.3) is 0 Å². The van der Waals surface area contributed by atoms with Crippen LogP contribution in [0.5, 0.6) is 0 Å². The molecule has 10 aromatic carbocycles. The van der Waals surface area contributed by atoms with E-state index in [0.29, 0.717) is 0 Å². The van der Waals surface area contributed by atoms with Gasteiger partial charge in [0, 0.05) is 27.6 Å². The van der Waals surface area contributed by atoms with Crippen LogP contribution in [0.2, 0.25) is 0 Å². The first-order valence-corrected chi connectivity index (χ1v) is 23.4. The van der Waals surface area contributed by atoms with E-state index < -0.39 is 5.41 Å². The molecule has 0 aromatic heterocycles. The quantitative estimate of drug-likeness (QED) is 0.161. The molecule has 1 heteroatoms. The van der Waals surface area contributed by atoms with Crippen molar-refractivity contribution in [3.05, 3.63) is 269 Å². The Bertz CT molecular complexity index is 3540. The first kappa shape index (κ1) is 38.7. The molecule has 0 amide bonds. The minimum atomic E-state index is -0.459. The number of benzene rings is 10. The Labute approximate surface area is 388 Å². The number of rotatable bonds is 6. The normalized spacial score (nSPS) is 15.0. The zero-order valence-corrected chi connectivity index (χ0v) is 37.8. The maximum atomic E-state index is 2.58. The minimum Gasteiger partial charge on any atom is -0.309 e. The van der Waals surface area contributed by atoms with E-state index in [2.05, 4.69) is 257 Å². The summed E-state index contributed by atoms with van der Waals surface area (Å²) < 4.78 is 0. The second kappa shape index (κ2) is 14.1. The zero-order valence-electron chi connectivity index (χ0n) is 37.8. The largest absolute Gasteiger partial charge is 0.309 e. The van der Waals surface area contributed by atoms with Gasteiger partial charge in [0.2, 0.25) is 0 Å². The highest BCUT2D eigenvalue weighted by Crippen LogP contribution is 2.60. The number of nitrogens with zero attached hydrogens (tertiary/aromatic N) is 1. The van der Waals surface area contributed by atoms with Gasteiger partial charge in [-0.25, -0.2) is 0 Å². The molecule has 10 aromatic rings. The Morgan fingerprint density at radius 3 is 1.56 bits per heavy atom. The lowest BCUT2D eigenvalue weighted by atomic mass is 9.67. The molecule has 0 unspecified atom stereocenters. The van der Waals surface area contributed by atoms with Gasteiger partial charge in [-0.05, 0) is 119 Å². The number of hydrogen-bond donors (Lipinski definition) is 0. The number of anilines is 3. The summed E-state index contributed by atoms with van der Waals surface area (Å²) in [5.74, 6) is 0. The molecule has 3 aliphatic rings. The van der Waals surface area contributed by atoms with Crippen LogP contribution < -0.4 is 4.90 Å². The molecule has 0 fully saturated rings. The summed E-state index contributed by atoms with van der Waals surface area (Å²) in [5.41, 5.74) is 23.7. The van der Waals surface area contributed by atoms with Crippen molar-refractivity contribution < 1.29 is 0 Å². The van der Waals surface area contributed by atoms with Crippen molar-refractivity contribution >= 4 is 27.8 Å². The van der Waals surface area contributed by atoms with Gasteiger partial charge in [-0.1, -0.05) is 222 Å². The summed E-state index contributed by atoms with van der Waals surface area (Å²) in [6.07, 6.45) is 0. The summed E-state index contributed by atoms with van der Waals surface area (Å²) in [4.78, 5) is 2.58. The molecule has 314 valence electrons. The molecule has 0 saturated carbocycles. The van der Waals surface area contributed by atoms with Crippen molar-refractivity contribution in [3.8, 4) is 44.5 Å². The Kier molecular flexibility index (Phi) is 8.28. The number of fused-ring (bicyclic) bond motifs is 11. The fourth-order valence-corrected chi connectivity index (χ4v) is 12.6. The average molecular weight is 844 g/mol. The van der Waals surface area contributed by atoms with E-state index in [0.717, 1.165) is 5.69 Å². The van der Waals surface area contributed by atoms with Gasteiger partial charge in [-0.15, -0.1) is 0 Å². The molecular weight excluding hydrogens is 795 g/mol. The average Bonchev–Trinajstić information content (AvgIpc) is 3.90. The molecule has 0 radical (unpaired) electrons. The summed E-state index contributed by atoms with van der Waals surface area (Å²) in [7, 11) is 0. The second-order valence-electron chi connectivity index (χ2n) is 19.6. The van der Waals surface area contributed by atoms with Crippen molar-refractivity contribution in [3.63, 3.8) is 0 Å². The topological polar surface area (TPSA) is 3.24 Å². The molecule has 13 rings (SSSR count). The van der Waals surface area contributed by atoms with E-state index in [9.17, 15) is 0 Å². The molecule has 0 saturated heterocycles. The van der Waals surface area contributed by atoms with Crippen molar-refractivity contribution in [1.29, 1.82) is 0 Å². The van der Waals surface area contributed by atoms with Crippen LogP contribution in [0.3, 0.4) is 0 Å².